The molecule has 0 radical (unpaired) electrons. The number of para-hydroxylation sites is 1. The highest BCUT2D eigenvalue weighted by Gasteiger charge is 2.39. The highest BCUT2D eigenvalue weighted by molar-refractivity contribution is 7.92. The van der Waals surface area contributed by atoms with Crippen LogP contribution in [0.2, 0.25) is 0 Å². The molecule has 1 amide bonds. The van der Waals surface area contributed by atoms with Gasteiger partial charge in [-0.1, -0.05) is 38.1 Å². The van der Waals surface area contributed by atoms with E-state index >= 15 is 0 Å². The molecule has 2 aromatic carbocycles. The minimum atomic E-state index is -3.78. The first-order chi connectivity index (χ1) is 14.2. The van der Waals surface area contributed by atoms with E-state index in [0.717, 1.165) is 40.8 Å². The van der Waals surface area contributed by atoms with Crippen molar-refractivity contribution >= 4 is 21.6 Å². The van der Waals surface area contributed by atoms with Crippen molar-refractivity contribution in [1.29, 1.82) is 0 Å². The zero-order chi connectivity index (χ0) is 21.9. The quantitative estimate of drug-likeness (QED) is 0.719. The summed E-state index contributed by atoms with van der Waals surface area (Å²) in [6.07, 6.45) is 3.14. The van der Waals surface area contributed by atoms with Crippen molar-refractivity contribution in [2.75, 3.05) is 17.1 Å². The van der Waals surface area contributed by atoms with E-state index in [2.05, 4.69) is 5.32 Å². The second-order valence-corrected chi connectivity index (χ2v) is 9.51. The number of ether oxygens (including phenoxy) is 1. The Morgan fingerprint density at radius 3 is 2.53 bits per heavy atom. The van der Waals surface area contributed by atoms with Crippen LogP contribution in [0, 0.1) is 5.82 Å². The van der Waals surface area contributed by atoms with Crippen LogP contribution in [0.4, 0.5) is 10.1 Å². The standard InChI is InChI=1S/C22H27FN2O4S/c1-4-22(5-2)14-19(18-11-6-7-12-20(18)29-22)24-21(26)15-25(30(3,27)28)17-10-8-9-16(23)13-17/h6-13,19H,4-5,14-15H2,1-3H3,(H,24,26). The van der Waals surface area contributed by atoms with Gasteiger partial charge in [0.2, 0.25) is 15.9 Å². The lowest BCUT2D eigenvalue weighted by atomic mass is 9.83. The first-order valence-electron chi connectivity index (χ1n) is 9.98. The fourth-order valence-electron chi connectivity index (χ4n) is 3.83. The largest absolute Gasteiger partial charge is 0.487 e. The molecule has 0 aromatic heterocycles. The first kappa shape index (κ1) is 22.1. The van der Waals surface area contributed by atoms with Crippen molar-refractivity contribution in [3.05, 3.63) is 59.9 Å². The van der Waals surface area contributed by atoms with Crippen molar-refractivity contribution in [2.45, 2.75) is 44.8 Å². The van der Waals surface area contributed by atoms with Gasteiger partial charge in [0, 0.05) is 12.0 Å². The zero-order valence-electron chi connectivity index (χ0n) is 17.4. The smallest absolute Gasteiger partial charge is 0.241 e. The molecule has 0 fully saturated rings. The lowest BCUT2D eigenvalue weighted by Crippen LogP contribution is -2.47. The number of nitrogens with one attached hydrogen (secondary N) is 1. The number of hydrogen-bond acceptors (Lipinski definition) is 4. The monoisotopic (exact) mass is 434 g/mol. The van der Waals surface area contributed by atoms with Crippen molar-refractivity contribution in [3.63, 3.8) is 0 Å². The third-order valence-electron chi connectivity index (χ3n) is 5.60. The maximum absolute atomic E-state index is 13.6. The van der Waals surface area contributed by atoms with Crippen LogP contribution in [0.5, 0.6) is 5.75 Å². The highest BCUT2D eigenvalue weighted by Crippen LogP contribution is 2.42. The number of rotatable bonds is 7. The number of carbonyl (C=O) groups is 1. The van der Waals surface area contributed by atoms with Gasteiger partial charge in [-0.3, -0.25) is 9.10 Å². The van der Waals surface area contributed by atoms with E-state index in [1.165, 1.54) is 18.2 Å². The zero-order valence-corrected chi connectivity index (χ0v) is 18.2. The summed E-state index contributed by atoms with van der Waals surface area (Å²) in [4.78, 5) is 12.9. The summed E-state index contributed by atoms with van der Waals surface area (Å²) in [5.74, 6) is -0.314. The molecule has 0 bridgehead atoms. The van der Waals surface area contributed by atoms with E-state index in [1.807, 2.05) is 38.1 Å². The van der Waals surface area contributed by atoms with Gasteiger partial charge >= 0.3 is 0 Å². The number of benzene rings is 2. The number of nitrogens with zero attached hydrogens (tertiary/aromatic N) is 1. The van der Waals surface area contributed by atoms with E-state index in [0.29, 0.717) is 6.42 Å². The van der Waals surface area contributed by atoms with Gasteiger partial charge in [0.05, 0.1) is 18.0 Å². The number of amides is 1. The van der Waals surface area contributed by atoms with Crippen LogP contribution in [0.1, 0.15) is 44.7 Å². The van der Waals surface area contributed by atoms with Gasteiger partial charge in [-0.25, -0.2) is 12.8 Å². The summed E-state index contributed by atoms with van der Waals surface area (Å²) in [6.45, 7) is 3.66. The van der Waals surface area contributed by atoms with Gasteiger partial charge in [-0.05, 0) is 37.1 Å². The third-order valence-corrected chi connectivity index (χ3v) is 6.75. The molecule has 1 aliphatic heterocycles. The number of halogens is 1. The van der Waals surface area contributed by atoms with Crippen LogP contribution >= 0.6 is 0 Å². The molecule has 162 valence electrons. The Morgan fingerprint density at radius 1 is 1.20 bits per heavy atom. The number of sulfonamides is 1. The van der Waals surface area contributed by atoms with E-state index in [4.69, 9.17) is 4.74 Å². The van der Waals surface area contributed by atoms with Crippen molar-refractivity contribution in [3.8, 4) is 5.75 Å². The van der Waals surface area contributed by atoms with Crippen LogP contribution < -0.4 is 14.4 Å². The average Bonchev–Trinajstić information content (AvgIpc) is 2.71. The Balaban J connectivity index is 1.85. The van der Waals surface area contributed by atoms with E-state index < -0.39 is 33.9 Å². The third kappa shape index (κ3) is 4.75. The molecule has 6 nitrogen and oxygen atoms in total. The number of anilines is 1. The summed E-state index contributed by atoms with van der Waals surface area (Å²) in [7, 11) is -3.78. The van der Waals surface area contributed by atoms with Gasteiger partial charge in [-0.2, -0.15) is 0 Å². The molecule has 0 saturated carbocycles. The molecule has 0 saturated heterocycles. The van der Waals surface area contributed by atoms with Crippen LogP contribution in [0.15, 0.2) is 48.5 Å². The first-order valence-corrected chi connectivity index (χ1v) is 11.8. The number of hydrogen-bond donors (Lipinski definition) is 1. The van der Waals surface area contributed by atoms with Crippen LogP contribution in [0.3, 0.4) is 0 Å². The molecule has 0 aliphatic carbocycles. The fraction of sp³-hybridized carbons (Fsp3) is 0.409. The molecule has 1 atom stereocenters. The SMILES string of the molecule is CCC1(CC)CC(NC(=O)CN(c2cccc(F)c2)S(C)(=O)=O)c2ccccc2O1. The molecule has 1 N–H and O–H groups in total. The summed E-state index contributed by atoms with van der Waals surface area (Å²) in [5.41, 5.74) is 0.572. The van der Waals surface area contributed by atoms with Gasteiger partial charge < -0.3 is 10.1 Å². The van der Waals surface area contributed by atoms with Crippen molar-refractivity contribution < 1.29 is 22.3 Å². The maximum Gasteiger partial charge on any atom is 0.241 e. The minimum Gasteiger partial charge on any atom is -0.487 e. The Kier molecular flexibility index (Phi) is 6.36. The maximum atomic E-state index is 13.6. The van der Waals surface area contributed by atoms with E-state index in [9.17, 15) is 17.6 Å². The Hall–Kier alpha value is -2.61. The van der Waals surface area contributed by atoms with Gasteiger partial charge in [-0.15, -0.1) is 0 Å². The molecule has 2 aromatic rings. The fourth-order valence-corrected chi connectivity index (χ4v) is 4.68. The summed E-state index contributed by atoms with van der Waals surface area (Å²) >= 11 is 0. The second kappa shape index (κ2) is 8.63. The van der Waals surface area contributed by atoms with Gasteiger partial charge in [0.25, 0.3) is 0 Å². The number of fused-ring (bicyclic) bond motifs is 1. The topological polar surface area (TPSA) is 75.7 Å². The highest BCUT2D eigenvalue weighted by atomic mass is 32.2. The van der Waals surface area contributed by atoms with Crippen LogP contribution in [0.25, 0.3) is 0 Å². The van der Waals surface area contributed by atoms with Gasteiger partial charge in [0.15, 0.2) is 0 Å². The molecule has 30 heavy (non-hydrogen) atoms. The predicted octanol–water partition coefficient (Wildman–Crippen LogP) is 3.79. The number of carbonyl (C=O) groups excluding carboxylic acids is 1. The molecular formula is C22H27FN2O4S. The molecule has 8 heteroatoms. The summed E-state index contributed by atoms with van der Waals surface area (Å²) in [6, 6.07) is 12.4. The predicted molar refractivity (Wildman–Crippen MR) is 114 cm³/mol. The Bertz CT molecular complexity index is 1020. The molecule has 1 heterocycles. The average molecular weight is 435 g/mol. The van der Waals surface area contributed by atoms with Crippen molar-refractivity contribution in [2.24, 2.45) is 0 Å². The lowest BCUT2D eigenvalue weighted by Gasteiger charge is -2.41. The molecule has 0 spiro atoms. The molecule has 1 aliphatic rings. The van der Waals surface area contributed by atoms with Gasteiger partial charge in [0.1, 0.15) is 23.7 Å². The van der Waals surface area contributed by atoms with Crippen LogP contribution in [-0.4, -0.2) is 32.7 Å². The minimum absolute atomic E-state index is 0.108. The lowest BCUT2D eigenvalue weighted by molar-refractivity contribution is -0.121. The van der Waals surface area contributed by atoms with E-state index in [1.54, 1.807) is 0 Å². The molecule has 3 rings (SSSR count). The van der Waals surface area contributed by atoms with E-state index in [-0.39, 0.29) is 11.7 Å². The molecule has 1 unspecified atom stereocenters. The summed E-state index contributed by atoms with van der Waals surface area (Å²) in [5, 5.41) is 2.97. The summed E-state index contributed by atoms with van der Waals surface area (Å²) < 4.78 is 45.3. The van der Waals surface area contributed by atoms with Crippen LogP contribution in [-0.2, 0) is 14.8 Å². The molecular weight excluding hydrogens is 407 g/mol. The van der Waals surface area contributed by atoms with Crippen molar-refractivity contribution in [1.82, 2.24) is 5.32 Å². The Morgan fingerprint density at radius 2 is 1.90 bits per heavy atom. The Labute approximate surface area is 177 Å². The normalized spacial score (nSPS) is 17.5. The second-order valence-electron chi connectivity index (χ2n) is 7.60.